The van der Waals surface area contributed by atoms with E-state index in [0.717, 1.165) is 25.7 Å². The summed E-state index contributed by atoms with van der Waals surface area (Å²) in [6.45, 7) is 8.26. The highest BCUT2D eigenvalue weighted by Gasteiger charge is 2.80. The minimum atomic E-state index is -1.04. The van der Waals surface area contributed by atoms with Crippen LogP contribution in [0, 0.1) is 50.7 Å². The molecule has 0 aromatic rings. The fourth-order valence-electron chi connectivity index (χ4n) is 4.35. The molecule has 0 saturated heterocycles. The van der Waals surface area contributed by atoms with Crippen molar-refractivity contribution >= 4 is 5.78 Å². The average molecular weight is 258 g/mol. The van der Waals surface area contributed by atoms with Crippen LogP contribution in [0.2, 0.25) is 0 Å². The van der Waals surface area contributed by atoms with E-state index in [0.29, 0.717) is 5.92 Å². The summed E-state index contributed by atoms with van der Waals surface area (Å²) in [5, 5.41) is 18.8. The van der Waals surface area contributed by atoms with Gasteiger partial charge in [-0.1, -0.05) is 20.8 Å². The number of hydrogen-bond acceptors (Lipinski definition) is 3. The molecule has 0 amide bonds. The normalized spacial score (nSPS) is 36.3. The first-order chi connectivity index (χ1) is 8.75. The van der Waals surface area contributed by atoms with Crippen molar-refractivity contribution in [3.8, 4) is 12.1 Å². The first kappa shape index (κ1) is 14.1. The third-order valence-electron chi connectivity index (χ3n) is 5.55. The summed E-state index contributed by atoms with van der Waals surface area (Å²) in [4.78, 5) is 11.8. The molecule has 1 spiro atoms. The van der Waals surface area contributed by atoms with Gasteiger partial charge in [-0.3, -0.25) is 4.79 Å². The van der Waals surface area contributed by atoms with Gasteiger partial charge in [-0.05, 0) is 43.9 Å². The van der Waals surface area contributed by atoms with Gasteiger partial charge in [0, 0.05) is 5.41 Å². The summed E-state index contributed by atoms with van der Waals surface area (Å²) in [5.41, 5.74) is -1.12. The van der Waals surface area contributed by atoms with Crippen LogP contribution in [0.25, 0.3) is 0 Å². The van der Waals surface area contributed by atoms with E-state index in [1.54, 1.807) is 0 Å². The Morgan fingerprint density at radius 2 is 1.63 bits per heavy atom. The number of hydrogen-bond donors (Lipinski definition) is 0. The van der Waals surface area contributed by atoms with E-state index in [9.17, 15) is 15.3 Å². The number of Topliss-reactive ketones (excluding diaryl/α,β-unsaturated/α-hetero) is 1. The van der Waals surface area contributed by atoms with E-state index in [4.69, 9.17) is 0 Å². The van der Waals surface area contributed by atoms with Crippen LogP contribution in [0.4, 0.5) is 0 Å². The maximum atomic E-state index is 11.8. The summed E-state index contributed by atoms with van der Waals surface area (Å²) in [6.07, 6.45) is 3.75. The summed E-state index contributed by atoms with van der Waals surface area (Å²) in [7, 11) is 0. The molecule has 0 bridgehead atoms. The number of carbonyl (C=O) groups excluding carboxylic acids is 1. The lowest BCUT2D eigenvalue weighted by atomic mass is 9.67. The molecule has 0 aliphatic heterocycles. The highest BCUT2D eigenvalue weighted by atomic mass is 16.1. The van der Waals surface area contributed by atoms with Gasteiger partial charge in [0.2, 0.25) is 0 Å². The van der Waals surface area contributed by atoms with E-state index >= 15 is 0 Å². The van der Waals surface area contributed by atoms with Crippen LogP contribution < -0.4 is 0 Å². The van der Waals surface area contributed by atoms with Crippen molar-refractivity contribution in [2.24, 2.45) is 28.1 Å². The van der Waals surface area contributed by atoms with Gasteiger partial charge >= 0.3 is 0 Å². The van der Waals surface area contributed by atoms with E-state index in [2.05, 4.69) is 32.9 Å². The van der Waals surface area contributed by atoms with Gasteiger partial charge in [0.15, 0.2) is 5.41 Å². The number of rotatable bonds is 1. The lowest BCUT2D eigenvalue weighted by Crippen LogP contribution is -2.29. The second-order valence-electron chi connectivity index (χ2n) is 7.37. The summed E-state index contributed by atoms with van der Waals surface area (Å²) in [5.74, 6) is 0.287. The molecule has 102 valence electrons. The minimum Gasteiger partial charge on any atom is -0.300 e. The lowest BCUT2D eigenvalue weighted by molar-refractivity contribution is -0.119. The standard InChI is InChI=1S/C16H22N2O/c1-11(19)13-15(16(13,9-17)10-18)7-5-12(6-8-15)14(2,3)4/h12-13H,5-8H2,1-4H3. The maximum Gasteiger partial charge on any atom is 0.160 e. The van der Waals surface area contributed by atoms with Crippen molar-refractivity contribution in [2.45, 2.75) is 53.4 Å². The van der Waals surface area contributed by atoms with Crippen molar-refractivity contribution in [3.05, 3.63) is 0 Å². The van der Waals surface area contributed by atoms with Gasteiger partial charge in [-0.15, -0.1) is 0 Å². The molecule has 19 heavy (non-hydrogen) atoms. The van der Waals surface area contributed by atoms with Gasteiger partial charge in [-0.2, -0.15) is 10.5 Å². The summed E-state index contributed by atoms with van der Waals surface area (Å²) < 4.78 is 0. The van der Waals surface area contributed by atoms with Crippen LogP contribution in [0.15, 0.2) is 0 Å². The molecule has 1 unspecified atom stereocenters. The molecular weight excluding hydrogens is 236 g/mol. The zero-order chi connectivity index (χ0) is 14.5. The fourth-order valence-corrected chi connectivity index (χ4v) is 4.35. The molecule has 2 rings (SSSR count). The van der Waals surface area contributed by atoms with Crippen LogP contribution in [0.3, 0.4) is 0 Å². The second-order valence-corrected chi connectivity index (χ2v) is 7.37. The molecular formula is C16H22N2O. The van der Waals surface area contributed by atoms with Gasteiger partial charge in [0.1, 0.15) is 5.78 Å². The van der Waals surface area contributed by atoms with Crippen LogP contribution in [0.1, 0.15) is 53.4 Å². The molecule has 2 saturated carbocycles. The van der Waals surface area contributed by atoms with Crippen molar-refractivity contribution in [2.75, 3.05) is 0 Å². The third-order valence-corrected chi connectivity index (χ3v) is 5.55. The van der Waals surface area contributed by atoms with E-state index < -0.39 is 5.41 Å². The molecule has 0 N–H and O–H groups in total. The Kier molecular flexibility index (Phi) is 3.01. The molecule has 2 fully saturated rings. The first-order valence-corrected chi connectivity index (χ1v) is 7.08. The highest BCUT2D eigenvalue weighted by Crippen LogP contribution is 2.75. The molecule has 2 aliphatic carbocycles. The van der Waals surface area contributed by atoms with Gasteiger partial charge in [-0.25, -0.2) is 0 Å². The zero-order valence-electron chi connectivity index (χ0n) is 12.3. The quantitative estimate of drug-likeness (QED) is 0.723. The molecule has 3 nitrogen and oxygen atoms in total. The Balaban J connectivity index is 2.23. The fraction of sp³-hybridized carbons (Fsp3) is 0.812. The third kappa shape index (κ3) is 1.71. The van der Waals surface area contributed by atoms with Crippen molar-refractivity contribution < 1.29 is 4.79 Å². The van der Waals surface area contributed by atoms with Crippen LogP contribution in [0.5, 0.6) is 0 Å². The van der Waals surface area contributed by atoms with Gasteiger partial charge in [0.25, 0.3) is 0 Å². The Hall–Kier alpha value is -1.35. The molecule has 0 aromatic heterocycles. The number of nitriles is 2. The predicted molar refractivity (Wildman–Crippen MR) is 71.7 cm³/mol. The van der Waals surface area contributed by atoms with E-state index in [1.165, 1.54) is 6.92 Å². The second kappa shape index (κ2) is 4.07. The maximum absolute atomic E-state index is 11.8. The molecule has 0 aromatic carbocycles. The Morgan fingerprint density at radius 1 is 1.16 bits per heavy atom. The van der Waals surface area contributed by atoms with Crippen LogP contribution in [-0.4, -0.2) is 5.78 Å². The summed E-state index contributed by atoms with van der Waals surface area (Å²) >= 11 is 0. The Morgan fingerprint density at radius 3 is 1.89 bits per heavy atom. The molecule has 2 aliphatic rings. The number of carbonyl (C=O) groups is 1. The molecule has 1 atom stereocenters. The first-order valence-electron chi connectivity index (χ1n) is 7.08. The van der Waals surface area contributed by atoms with Crippen LogP contribution >= 0.6 is 0 Å². The smallest absolute Gasteiger partial charge is 0.160 e. The van der Waals surface area contributed by atoms with Crippen molar-refractivity contribution in [1.29, 1.82) is 10.5 Å². The minimum absolute atomic E-state index is 0.0114. The Bertz CT molecular complexity index is 464. The topological polar surface area (TPSA) is 64.7 Å². The van der Waals surface area contributed by atoms with Gasteiger partial charge in [0.05, 0.1) is 18.1 Å². The van der Waals surface area contributed by atoms with E-state index in [-0.39, 0.29) is 22.5 Å². The predicted octanol–water partition coefficient (Wildman–Crippen LogP) is 3.46. The highest BCUT2D eigenvalue weighted by molar-refractivity contribution is 5.86. The number of nitrogens with zero attached hydrogens (tertiary/aromatic N) is 2. The summed E-state index contributed by atoms with van der Waals surface area (Å²) in [6, 6.07) is 4.33. The largest absolute Gasteiger partial charge is 0.300 e. The van der Waals surface area contributed by atoms with E-state index in [1.807, 2.05) is 0 Å². The van der Waals surface area contributed by atoms with Crippen molar-refractivity contribution in [1.82, 2.24) is 0 Å². The lowest BCUT2D eigenvalue weighted by Gasteiger charge is -2.37. The molecule has 0 heterocycles. The van der Waals surface area contributed by atoms with Gasteiger partial charge < -0.3 is 0 Å². The average Bonchev–Trinajstić information content (AvgIpc) is 2.90. The number of ketones is 1. The monoisotopic (exact) mass is 258 g/mol. The zero-order valence-corrected chi connectivity index (χ0v) is 12.3. The molecule has 0 radical (unpaired) electrons. The van der Waals surface area contributed by atoms with Crippen molar-refractivity contribution in [3.63, 3.8) is 0 Å². The SMILES string of the molecule is CC(=O)C1C(C#N)(C#N)C12CCC(C(C)(C)C)CC2. The molecule has 3 heteroatoms. The Labute approximate surface area is 115 Å². The van der Waals surface area contributed by atoms with Crippen LogP contribution in [-0.2, 0) is 4.79 Å².